The first-order valence-corrected chi connectivity index (χ1v) is 10.6. The minimum absolute atomic E-state index is 0.865. The van der Waals surface area contributed by atoms with Gasteiger partial charge in [-0.1, -0.05) is 24.3 Å². The first kappa shape index (κ1) is 18.9. The van der Waals surface area contributed by atoms with Crippen molar-refractivity contribution in [1.82, 2.24) is 34.3 Å². The Hall–Kier alpha value is -4.78. The zero-order valence-corrected chi connectivity index (χ0v) is 17.6. The lowest BCUT2D eigenvalue weighted by atomic mass is 10.3. The monoisotopic (exact) mass is 429 g/mol. The van der Waals surface area contributed by atoms with E-state index in [0.717, 1.165) is 50.5 Å². The molecule has 0 unspecified atom stereocenters. The van der Waals surface area contributed by atoms with Crippen LogP contribution in [0.4, 0.5) is 0 Å². The number of nitrogens with one attached hydrogen (secondary N) is 2. The molecule has 0 saturated carbocycles. The number of aromatic nitrogens is 7. The number of para-hydroxylation sites is 4. The van der Waals surface area contributed by atoms with Crippen LogP contribution in [0.15, 0.2) is 104 Å². The maximum atomic E-state index is 4.58. The number of fused-ring (bicyclic) bond motifs is 3. The van der Waals surface area contributed by atoms with Gasteiger partial charge in [-0.2, -0.15) is 0 Å². The fourth-order valence-electron chi connectivity index (χ4n) is 3.74. The van der Waals surface area contributed by atoms with Gasteiger partial charge in [0.05, 0.1) is 22.1 Å². The first-order valence-electron chi connectivity index (χ1n) is 10.6. The third kappa shape index (κ3) is 3.72. The number of benzene rings is 2. The highest BCUT2D eigenvalue weighted by atomic mass is 15.0. The van der Waals surface area contributed by atoms with Crippen LogP contribution >= 0.6 is 0 Å². The molecule has 33 heavy (non-hydrogen) atoms. The standard InChI is InChI=1S/C14H10N4.C12H9N3/c1-2-4-12-11(3-1)16-14(17-12)10-5-6-13-15-7-8-18(13)9-10;1-2-6-11-10(5-1)14-12(15-11)9-4-3-7-13-8-9/h1-9H,(H,16,17);1-8H,(H,14,15). The van der Waals surface area contributed by atoms with Crippen molar-refractivity contribution in [3.05, 3.63) is 104 Å². The predicted octanol–water partition coefficient (Wildman–Crippen LogP) is 5.50. The average Bonchev–Trinajstić information content (AvgIpc) is 3.62. The Morgan fingerprint density at radius 3 is 2.00 bits per heavy atom. The molecule has 0 aliphatic rings. The van der Waals surface area contributed by atoms with Gasteiger partial charge in [0.2, 0.25) is 0 Å². The van der Waals surface area contributed by atoms with Crippen molar-refractivity contribution >= 4 is 27.7 Å². The Morgan fingerprint density at radius 2 is 1.33 bits per heavy atom. The lowest BCUT2D eigenvalue weighted by Gasteiger charge is -1.98. The largest absolute Gasteiger partial charge is 0.338 e. The summed E-state index contributed by atoms with van der Waals surface area (Å²) in [5, 5.41) is 0. The summed E-state index contributed by atoms with van der Waals surface area (Å²) in [5.41, 5.74) is 7.07. The summed E-state index contributed by atoms with van der Waals surface area (Å²) >= 11 is 0. The second-order valence-corrected chi connectivity index (χ2v) is 7.56. The molecule has 0 aliphatic heterocycles. The summed E-state index contributed by atoms with van der Waals surface area (Å²) in [5.74, 6) is 1.75. The van der Waals surface area contributed by atoms with Crippen LogP contribution in [0.2, 0.25) is 0 Å². The van der Waals surface area contributed by atoms with Gasteiger partial charge in [0.1, 0.15) is 17.3 Å². The molecule has 0 atom stereocenters. The number of aromatic amines is 2. The number of hydrogen-bond acceptors (Lipinski definition) is 4. The zero-order chi connectivity index (χ0) is 22.0. The summed E-state index contributed by atoms with van der Waals surface area (Å²) < 4.78 is 1.99. The second kappa shape index (κ2) is 8.05. The minimum Gasteiger partial charge on any atom is -0.338 e. The van der Waals surface area contributed by atoms with Gasteiger partial charge in [0.15, 0.2) is 0 Å². The molecule has 0 bridgehead atoms. The quantitative estimate of drug-likeness (QED) is 0.380. The molecule has 0 aliphatic carbocycles. The Kier molecular flexibility index (Phi) is 4.62. The van der Waals surface area contributed by atoms with E-state index in [1.165, 1.54) is 0 Å². The summed E-state index contributed by atoms with van der Waals surface area (Å²) in [4.78, 5) is 24.0. The molecule has 0 radical (unpaired) electrons. The molecule has 2 aromatic carbocycles. The molecule has 7 heteroatoms. The van der Waals surface area contributed by atoms with Crippen LogP contribution in [-0.2, 0) is 0 Å². The van der Waals surface area contributed by atoms with Crippen molar-refractivity contribution in [3.63, 3.8) is 0 Å². The van der Waals surface area contributed by atoms with E-state index in [0.29, 0.717) is 0 Å². The Bertz CT molecular complexity index is 1610. The van der Waals surface area contributed by atoms with Gasteiger partial charge < -0.3 is 14.4 Å². The van der Waals surface area contributed by atoms with E-state index in [4.69, 9.17) is 0 Å². The molecule has 7 aromatic rings. The van der Waals surface area contributed by atoms with Crippen molar-refractivity contribution in [2.75, 3.05) is 0 Å². The van der Waals surface area contributed by atoms with Gasteiger partial charge in [-0.05, 0) is 48.5 Å². The molecule has 0 saturated heterocycles. The third-order valence-corrected chi connectivity index (χ3v) is 5.38. The fraction of sp³-hybridized carbons (Fsp3) is 0. The first-order chi connectivity index (χ1) is 16.3. The zero-order valence-electron chi connectivity index (χ0n) is 17.6. The SMILES string of the molecule is c1ccc2[nH]c(-c3ccc4nccn4c3)nc2c1.c1cncc(-c2nc3ccccc3[nH]2)c1. The fourth-order valence-corrected chi connectivity index (χ4v) is 3.74. The predicted molar refractivity (Wildman–Crippen MR) is 130 cm³/mol. The number of H-pyrrole nitrogens is 2. The summed E-state index contributed by atoms with van der Waals surface area (Å²) in [6.07, 6.45) is 9.31. The highest BCUT2D eigenvalue weighted by molar-refractivity contribution is 5.80. The summed E-state index contributed by atoms with van der Waals surface area (Å²) in [6, 6.07) is 23.9. The number of imidazole rings is 3. The van der Waals surface area contributed by atoms with Gasteiger partial charge in [-0.3, -0.25) is 4.98 Å². The lowest BCUT2D eigenvalue weighted by Crippen LogP contribution is -1.86. The molecule has 0 spiro atoms. The number of pyridine rings is 2. The molecule has 7 nitrogen and oxygen atoms in total. The third-order valence-electron chi connectivity index (χ3n) is 5.38. The topological polar surface area (TPSA) is 87.6 Å². The molecule has 158 valence electrons. The number of rotatable bonds is 2. The van der Waals surface area contributed by atoms with E-state index in [1.54, 1.807) is 18.6 Å². The van der Waals surface area contributed by atoms with Gasteiger partial charge in [-0.15, -0.1) is 0 Å². The van der Waals surface area contributed by atoms with E-state index in [9.17, 15) is 0 Å². The molecule has 0 amide bonds. The van der Waals surface area contributed by atoms with Crippen molar-refractivity contribution < 1.29 is 0 Å². The maximum absolute atomic E-state index is 4.58. The van der Waals surface area contributed by atoms with Crippen LogP contribution in [-0.4, -0.2) is 34.3 Å². The van der Waals surface area contributed by atoms with Crippen molar-refractivity contribution in [3.8, 4) is 22.8 Å². The molecule has 2 N–H and O–H groups in total. The van der Waals surface area contributed by atoms with E-state index < -0.39 is 0 Å². The molecule has 5 heterocycles. The van der Waals surface area contributed by atoms with E-state index in [1.807, 2.05) is 89.6 Å². The number of hydrogen-bond donors (Lipinski definition) is 2. The smallest absolute Gasteiger partial charge is 0.140 e. The van der Waals surface area contributed by atoms with Crippen molar-refractivity contribution in [1.29, 1.82) is 0 Å². The molecule has 5 aromatic heterocycles. The van der Waals surface area contributed by atoms with Crippen LogP contribution in [0, 0.1) is 0 Å². The highest BCUT2D eigenvalue weighted by Gasteiger charge is 2.06. The van der Waals surface area contributed by atoms with Gasteiger partial charge >= 0.3 is 0 Å². The van der Waals surface area contributed by atoms with Crippen LogP contribution in [0.25, 0.3) is 50.5 Å². The van der Waals surface area contributed by atoms with Gasteiger partial charge in [0.25, 0.3) is 0 Å². The highest BCUT2D eigenvalue weighted by Crippen LogP contribution is 2.21. The van der Waals surface area contributed by atoms with Crippen LogP contribution in [0.1, 0.15) is 0 Å². The lowest BCUT2D eigenvalue weighted by molar-refractivity contribution is 1.17. The summed E-state index contributed by atoms with van der Waals surface area (Å²) in [7, 11) is 0. The summed E-state index contributed by atoms with van der Waals surface area (Å²) in [6.45, 7) is 0. The minimum atomic E-state index is 0.865. The molecular weight excluding hydrogens is 410 g/mol. The molecular formula is C26H19N7. The Balaban J connectivity index is 0.000000127. The average molecular weight is 429 g/mol. The maximum Gasteiger partial charge on any atom is 0.140 e. The number of nitrogens with zero attached hydrogens (tertiary/aromatic N) is 5. The second-order valence-electron chi connectivity index (χ2n) is 7.56. The van der Waals surface area contributed by atoms with Crippen molar-refractivity contribution in [2.24, 2.45) is 0 Å². The van der Waals surface area contributed by atoms with Gasteiger partial charge in [0, 0.05) is 42.1 Å². The molecule has 0 fully saturated rings. The van der Waals surface area contributed by atoms with Crippen LogP contribution in [0.3, 0.4) is 0 Å². The van der Waals surface area contributed by atoms with E-state index >= 15 is 0 Å². The van der Waals surface area contributed by atoms with Crippen LogP contribution in [0.5, 0.6) is 0 Å². The van der Waals surface area contributed by atoms with Crippen molar-refractivity contribution in [2.45, 2.75) is 0 Å². The van der Waals surface area contributed by atoms with Gasteiger partial charge in [-0.25, -0.2) is 15.0 Å². The van der Waals surface area contributed by atoms with E-state index in [-0.39, 0.29) is 0 Å². The Labute approximate surface area is 188 Å². The Morgan fingerprint density at radius 1 is 0.636 bits per heavy atom. The normalized spacial score (nSPS) is 11.0. The van der Waals surface area contributed by atoms with Crippen LogP contribution < -0.4 is 0 Å². The molecule has 7 rings (SSSR count). The van der Waals surface area contributed by atoms with E-state index in [2.05, 4.69) is 29.9 Å².